The van der Waals surface area contributed by atoms with Crippen LogP contribution in [-0.2, 0) is 7.05 Å². The summed E-state index contributed by atoms with van der Waals surface area (Å²) >= 11 is 0. The second-order valence-corrected chi connectivity index (χ2v) is 3.39. The summed E-state index contributed by atoms with van der Waals surface area (Å²) in [7, 11) is 1.81. The van der Waals surface area contributed by atoms with Crippen LogP contribution in [0.1, 0.15) is 25.6 Å². The Morgan fingerprint density at radius 3 is 2.42 bits per heavy atom. The van der Waals surface area contributed by atoms with Crippen molar-refractivity contribution in [1.82, 2.24) is 9.78 Å². The average molecular weight is 168 g/mol. The summed E-state index contributed by atoms with van der Waals surface area (Å²) in [6.45, 7) is 4.13. The van der Waals surface area contributed by atoms with Crippen LogP contribution in [0.15, 0.2) is 6.07 Å². The van der Waals surface area contributed by atoms with Gasteiger partial charge in [0.15, 0.2) is 0 Å². The summed E-state index contributed by atoms with van der Waals surface area (Å²) in [6, 6.07) is 1.80. The van der Waals surface area contributed by atoms with Crippen molar-refractivity contribution < 1.29 is 0 Å². The molecule has 0 amide bonds. The molecule has 1 aromatic rings. The van der Waals surface area contributed by atoms with Crippen LogP contribution in [0.4, 0.5) is 5.82 Å². The van der Waals surface area contributed by atoms with Gasteiger partial charge in [-0.3, -0.25) is 4.68 Å². The lowest BCUT2D eigenvalue weighted by molar-refractivity contribution is 0.497. The van der Waals surface area contributed by atoms with Crippen LogP contribution in [0, 0.1) is 5.92 Å². The maximum absolute atomic E-state index is 5.89. The van der Waals surface area contributed by atoms with Crippen molar-refractivity contribution in [2.24, 2.45) is 18.7 Å². The summed E-state index contributed by atoms with van der Waals surface area (Å²) in [6.07, 6.45) is 0. The fourth-order valence-electron chi connectivity index (χ4n) is 1.01. The third-order valence-corrected chi connectivity index (χ3v) is 1.99. The Bertz CT molecular complexity index is 245. The summed E-state index contributed by atoms with van der Waals surface area (Å²) in [5, 5.41) is 4.20. The van der Waals surface area contributed by atoms with E-state index in [9.17, 15) is 0 Å². The van der Waals surface area contributed by atoms with Crippen molar-refractivity contribution in [2.75, 3.05) is 5.73 Å². The Hall–Kier alpha value is -1.03. The number of anilines is 1. The van der Waals surface area contributed by atoms with Crippen molar-refractivity contribution in [1.29, 1.82) is 0 Å². The molecule has 0 bridgehead atoms. The molecule has 0 aliphatic rings. The highest BCUT2D eigenvalue weighted by Crippen LogP contribution is 2.18. The zero-order chi connectivity index (χ0) is 9.30. The summed E-state index contributed by atoms with van der Waals surface area (Å²) in [5.74, 6) is 1.04. The zero-order valence-corrected chi connectivity index (χ0v) is 7.78. The summed E-state index contributed by atoms with van der Waals surface area (Å²) in [5.41, 5.74) is 12.4. The van der Waals surface area contributed by atoms with Gasteiger partial charge in [0.1, 0.15) is 5.82 Å². The van der Waals surface area contributed by atoms with Crippen LogP contribution in [-0.4, -0.2) is 9.78 Å². The molecular weight excluding hydrogens is 152 g/mol. The minimum atomic E-state index is -0.0199. The Morgan fingerprint density at radius 2 is 2.08 bits per heavy atom. The van der Waals surface area contributed by atoms with Gasteiger partial charge in [0.2, 0.25) is 0 Å². The molecule has 4 nitrogen and oxygen atoms in total. The van der Waals surface area contributed by atoms with Gasteiger partial charge in [-0.1, -0.05) is 13.8 Å². The van der Waals surface area contributed by atoms with E-state index in [4.69, 9.17) is 11.5 Å². The smallest absolute Gasteiger partial charge is 0.121 e. The predicted molar refractivity (Wildman–Crippen MR) is 49.4 cm³/mol. The first-order valence-corrected chi connectivity index (χ1v) is 4.07. The Balaban J connectivity index is 2.89. The lowest BCUT2D eigenvalue weighted by Crippen LogP contribution is -2.17. The first-order valence-electron chi connectivity index (χ1n) is 4.07. The molecule has 4 N–H and O–H groups in total. The molecule has 12 heavy (non-hydrogen) atoms. The molecule has 1 rings (SSSR count). The zero-order valence-electron chi connectivity index (χ0n) is 7.78. The Kier molecular flexibility index (Phi) is 2.38. The molecule has 0 aliphatic heterocycles. The molecule has 68 valence electrons. The van der Waals surface area contributed by atoms with Crippen LogP contribution in [0.3, 0.4) is 0 Å². The molecule has 0 radical (unpaired) electrons. The maximum atomic E-state index is 5.89. The van der Waals surface area contributed by atoms with Crippen LogP contribution < -0.4 is 11.5 Å². The molecule has 1 aromatic heterocycles. The first kappa shape index (κ1) is 9.06. The van der Waals surface area contributed by atoms with E-state index >= 15 is 0 Å². The molecule has 1 atom stereocenters. The van der Waals surface area contributed by atoms with Gasteiger partial charge in [0.25, 0.3) is 0 Å². The molecule has 4 heteroatoms. The van der Waals surface area contributed by atoms with Crippen LogP contribution in [0.2, 0.25) is 0 Å². The van der Waals surface area contributed by atoms with Gasteiger partial charge in [0.05, 0.1) is 11.7 Å². The standard InChI is InChI=1S/C8H16N4/c1-5(2)8(10)6-4-7(9)12(3)11-6/h4-5,8H,9-10H2,1-3H3. The number of hydrogen-bond donors (Lipinski definition) is 2. The highest BCUT2D eigenvalue weighted by molar-refractivity contribution is 5.31. The average Bonchev–Trinajstić information content (AvgIpc) is 2.30. The number of rotatable bonds is 2. The molecule has 0 saturated carbocycles. The van der Waals surface area contributed by atoms with Crippen molar-refractivity contribution >= 4 is 5.82 Å². The third kappa shape index (κ3) is 1.58. The fourth-order valence-corrected chi connectivity index (χ4v) is 1.01. The van der Waals surface area contributed by atoms with Gasteiger partial charge < -0.3 is 11.5 Å². The minimum Gasteiger partial charge on any atom is -0.384 e. The molecule has 1 unspecified atom stereocenters. The van der Waals surface area contributed by atoms with E-state index < -0.39 is 0 Å². The van der Waals surface area contributed by atoms with Crippen LogP contribution in [0.5, 0.6) is 0 Å². The van der Waals surface area contributed by atoms with E-state index in [1.54, 1.807) is 4.68 Å². The third-order valence-electron chi connectivity index (χ3n) is 1.99. The van der Waals surface area contributed by atoms with Gasteiger partial charge >= 0.3 is 0 Å². The molecule has 0 saturated heterocycles. The van der Waals surface area contributed by atoms with Crippen molar-refractivity contribution in [3.05, 3.63) is 11.8 Å². The molecule has 0 aliphatic carbocycles. The SMILES string of the molecule is CC(C)C(N)c1cc(N)n(C)n1. The predicted octanol–water partition coefficient (Wildman–Crippen LogP) is 0.658. The minimum absolute atomic E-state index is 0.0199. The van der Waals surface area contributed by atoms with E-state index in [0.29, 0.717) is 11.7 Å². The monoisotopic (exact) mass is 168 g/mol. The normalized spacial score (nSPS) is 13.8. The molecule has 0 spiro atoms. The van der Waals surface area contributed by atoms with E-state index in [1.807, 2.05) is 13.1 Å². The number of hydrogen-bond acceptors (Lipinski definition) is 3. The second kappa shape index (κ2) is 3.15. The fraction of sp³-hybridized carbons (Fsp3) is 0.625. The highest BCUT2D eigenvalue weighted by atomic mass is 15.3. The largest absolute Gasteiger partial charge is 0.384 e. The Labute approximate surface area is 72.5 Å². The number of nitrogens with zero attached hydrogens (tertiary/aromatic N) is 2. The lowest BCUT2D eigenvalue weighted by Gasteiger charge is -2.11. The van der Waals surface area contributed by atoms with Gasteiger partial charge in [-0.2, -0.15) is 5.10 Å². The number of aromatic nitrogens is 2. The highest BCUT2D eigenvalue weighted by Gasteiger charge is 2.14. The summed E-state index contributed by atoms with van der Waals surface area (Å²) in [4.78, 5) is 0. The van der Waals surface area contributed by atoms with E-state index in [-0.39, 0.29) is 6.04 Å². The molecule has 0 fully saturated rings. The number of nitrogens with two attached hydrogens (primary N) is 2. The molecule has 1 heterocycles. The second-order valence-electron chi connectivity index (χ2n) is 3.39. The lowest BCUT2D eigenvalue weighted by atomic mass is 10.0. The van der Waals surface area contributed by atoms with Crippen molar-refractivity contribution in [3.63, 3.8) is 0 Å². The van der Waals surface area contributed by atoms with Gasteiger partial charge in [-0.15, -0.1) is 0 Å². The van der Waals surface area contributed by atoms with E-state index in [1.165, 1.54) is 0 Å². The van der Waals surface area contributed by atoms with Crippen LogP contribution >= 0.6 is 0 Å². The first-order chi connectivity index (χ1) is 5.52. The quantitative estimate of drug-likeness (QED) is 0.681. The van der Waals surface area contributed by atoms with Crippen molar-refractivity contribution in [3.8, 4) is 0 Å². The topological polar surface area (TPSA) is 69.9 Å². The number of nitrogen functional groups attached to an aromatic ring is 1. The molecule has 0 aromatic carbocycles. The van der Waals surface area contributed by atoms with Crippen LogP contribution in [0.25, 0.3) is 0 Å². The Morgan fingerprint density at radius 1 is 1.50 bits per heavy atom. The maximum Gasteiger partial charge on any atom is 0.121 e. The van der Waals surface area contributed by atoms with Gasteiger partial charge in [0, 0.05) is 13.1 Å². The van der Waals surface area contributed by atoms with Gasteiger partial charge in [-0.25, -0.2) is 0 Å². The summed E-state index contributed by atoms with van der Waals surface area (Å²) < 4.78 is 1.64. The van der Waals surface area contributed by atoms with E-state index in [0.717, 1.165) is 5.69 Å². The van der Waals surface area contributed by atoms with Gasteiger partial charge in [-0.05, 0) is 5.92 Å². The van der Waals surface area contributed by atoms with E-state index in [2.05, 4.69) is 18.9 Å². The molecular formula is C8H16N4. The number of aryl methyl sites for hydroxylation is 1. The van der Waals surface area contributed by atoms with Crippen molar-refractivity contribution in [2.45, 2.75) is 19.9 Å².